The third-order valence-electron chi connectivity index (χ3n) is 2.58. The lowest BCUT2D eigenvalue weighted by atomic mass is 10.1. The summed E-state index contributed by atoms with van der Waals surface area (Å²) in [6.45, 7) is 0. The van der Waals surface area contributed by atoms with Gasteiger partial charge < -0.3 is 0 Å². The highest BCUT2D eigenvalue weighted by atomic mass is 31.0. The molecule has 2 rings (SSSR count). The Hall–Kier alpha value is 0.600. The summed E-state index contributed by atoms with van der Waals surface area (Å²) in [6.07, 6.45) is 6.16. The second-order valence-electron chi connectivity index (χ2n) is 3.10. The first-order chi connectivity index (χ1) is 4.29. The van der Waals surface area contributed by atoms with Gasteiger partial charge in [-0.25, -0.2) is 0 Å². The molecular formula is C7H12P2. The molecule has 0 spiro atoms. The van der Waals surface area contributed by atoms with Gasteiger partial charge in [0, 0.05) is 0 Å². The molecule has 2 aliphatic carbocycles. The molecule has 0 N–H and O–H groups in total. The van der Waals surface area contributed by atoms with Crippen molar-refractivity contribution in [3.8, 4) is 0 Å². The molecule has 9 heavy (non-hydrogen) atoms. The Bertz CT molecular complexity index is 137. The molecule has 0 aliphatic heterocycles. The number of rotatable bonds is 0. The van der Waals surface area contributed by atoms with Gasteiger partial charge >= 0.3 is 0 Å². The second-order valence-corrected chi connectivity index (χ2v) is 4.64. The minimum atomic E-state index is 0.838. The van der Waals surface area contributed by atoms with E-state index in [-0.39, 0.29) is 0 Å². The predicted molar refractivity (Wildman–Crippen MR) is 47.7 cm³/mol. The summed E-state index contributed by atoms with van der Waals surface area (Å²) in [7, 11) is 5.91. The van der Waals surface area contributed by atoms with Crippen molar-refractivity contribution in [2.45, 2.75) is 17.7 Å². The highest BCUT2D eigenvalue weighted by molar-refractivity contribution is 7.23. The van der Waals surface area contributed by atoms with Gasteiger partial charge in [0.25, 0.3) is 0 Å². The average molecular weight is 158 g/mol. The molecule has 2 aliphatic rings. The van der Waals surface area contributed by atoms with Crippen LogP contribution in [0.5, 0.6) is 0 Å². The summed E-state index contributed by atoms with van der Waals surface area (Å²) in [5, 5.41) is 0. The fourth-order valence-corrected chi connectivity index (χ4v) is 3.04. The highest BCUT2D eigenvalue weighted by Gasteiger charge is 2.39. The molecule has 0 aromatic heterocycles. The Kier molecular flexibility index (Phi) is 1.43. The van der Waals surface area contributed by atoms with Crippen LogP contribution in [0.25, 0.3) is 0 Å². The molecule has 5 unspecified atom stereocenters. The van der Waals surface area contributed by atoms with Crippen LogP contribution in [0.2, 0.25) is 0 Å². The zero-order valence-corrected chi connectivity index (χ0v) is 7.64. The van der Waals surface area contributed by atoms with Crippen molar-refractivity contribution in [3.63, 3.8) is 0 Å². The van der Waals surface area contributed by atoms with Crippen LogP contribution in [0.3, 0.4) is 0 Å². The maximum atomic E-state index is 2.95. The van der Waals surface area contributed by atoms with E-state index in [4.69, 9.17) is 0 Å². The molecule has 0 nitrogen and oxygen atoms in total. The van der Waals surface area contributed by atoms with Crippen LogP contribution in [-0.2, 0) is 0 Å². The quantitative estimate of drug-likeness (QED) is 0.371. The van der Waals surface area contributed by atoms with E-state index in [0.717, 1.165) is 23.2 Å². The molecule has 0 saturated heterocycles. The van der Waals surface area contributed by atoms with Crippen LogP contribution in [0.15, 0.2) is 12.2 Å². The average Bonchev–Trinajstić information content (AvgIpc) is 2.37. The largest absolute Gasteiger partial charge is 0.133 e. The van der Waals surface area contributed by atoms with E-state index in [2.05, 4.69) is 30.6 Å². The minimum absolute atomic E-state index is 0.838. The predicted octanol–water partition coefficient (Wildman–Crippen LogP) is 1.68. The lowest BCUT2D eigenvalue weighted by molar-refractivity contribution is 0.696. The first-order valence-corrected chi connectivity index (χ1v) is 4.82. The number of hydrogen-bond acceptors (Lipinski definition) is 0. The van der Waals surface area contributed by atoms with Gasteiger partial charge in [-0.05, 0) is 29.6 Å². The topological polar surface area (TPSA) is 0 Å². The summed E-state index contributed by atoms with van der Waals surface area (Å²) >= 11 is 0. The molecule has 1 saturated carbocycles. The summed E-state index contributed by atoms with van der Waals surface area (Å²) in [5.74, 6) is 1.75. The third-order valence-corrected chi connectivity index (χ3v) is 4.91. The van der Waals surface area contributed by atoms with Gasteiger partial charge in [-0.3, -0.25) is 0 Å². The van der Waals surface area contributed by atoms with Crippen molar-refractivity contribution in [2.75, 3.05) is 0 Å². The van der Waals surface area contributed by atoms with Crippen LogP contribution in [-0.4, -0.2) is 11.3 Å². The SMILES string of the molecule is PC1C2C=CC(C2)[C@H]1P. The highest BCUT2D eigenvalue weighted by Crippen LogP contribution is 2.46. The molecule has 2 heteroatoms. The van der Waals surface area contributed by atoms with Crippen LogP contribution < -0.4 is 0 Å². The molecule has 0 amide bonds. The molecule has 0 aromatic rings. The standard InChI is InChI=1S/C7H12P2/c8-6-4-1-2-5(3-4)7(6)9/h1-2,4-7H,3,8-9H2/t4?,5?,6-,7?/m1/s1. The van der Waals surface area contributed by atoms with Gasteiger partial charge in [-0.1, -0.05) is 12.2 Å². The third kappa shape index (κ3) is 0.803. The molecular weight excluding hydrogens is 146 g/mol. The number of hydrogen-bond donors (Lipinski definition) is 0. The van der Waals surface area contributed by atoms with Gasteiger partial charge in [-0.15, -0.1) is 18.5 Å². The Morgan fingerprint density at radius 2 is 1.44 bits per heavy atom. The maximum absolute atomic E-state index is 2.95. The first-order valence-electron chi connectivity index (χ1n) is 3.48. The molecule has 0 heterocycles. The zero-order valence-electron chi connectivity index (χ0n) is 5.33. The fourth-order valence-electron chi connectivity index (χ4n) is 1.90. The maximum Gasteiger partial charge on any atom is -0.0133 e. The van der Waals surface area contributed by atoms with Gasteiger partial charge in [0.05, 0.1) is 0 Å². The van der Waals surface area contributed by atoms with E-state index in [0.29, 0.717) is 0 Å². The minimum Gasteiger partial charge on any atom is -0.133 e. The summed E-state index contributed by atoms with van der Waals surface area (Å²) in [4.78, 5) is 0. The lowest BCUT2D eigenvalue weighted by Crippen LogP contribution is -2.17. The van der Waals surface area contributed by atoms with Crippen molar-refractivity contribution in [2.24, 2.45) is 11.8 Å². The monoisotopic (exact) mass is 158 g/mol. The van der Waals surface area contributed by atoms with E-state index in [1.165, 1.54) is 6.42 Å². The van der Waals surface area contributed by atoms with Crippen LogP contribution in [0, 0.1) is 11.8 Å². The summed E-state index contributed by atoms with van der Waals surface area (Å²) in [6, 6.07) is 0. The Balaban J connectivity index is 2.26. The fraction of sp³-hybridized carbons (Fsp3) is 0.714. The van der Waals surface area contributed by atoms with Crippen molar-refractivity contribution in [1.29, 1.82) is 0 Å². The van der Waals surface area contributed by atoms with E-state index < -0.39 is 0 Å². The normalized spacial score (nSPS) is 54.9. The van der Waals surface area contributed by atoms with Crippen molar-refractivity contribution in [1.82, 2.24) is 0 Å². The van der Waals surface area contributed by atoms with Crippen molar-refractivity contribution in [3.05, 3.63) is 12.2 Å². The Morgan fingerprint density at radius 3 is 1.67 bits per heavy atom. The first kappa shape index (κ1) is 6.32. The second kappa shape index (κ2) is 2.04. The van der Waals surface area contributed by atoms with Gasteiger partial charge in [0.1, 0.15) is 0 Å². The summed E-state index contributed by atoms with van der Waals surface area (Å²) in [5.41, 5.74) is 1.68. The van der Waals surface area contributed by atoms with Crippen molar-refractivity contribution < 1.29 is 0 Å². The van der Waals surface area contributed by atoms with Crippen LogP contribution in [0.4, 0.5) is 0 Å². The zero-order chi connectivity index (χ0) is 6.43. The Labute approximate surface area is 60.9 Å². The van der Waals surface area contributed by atoms with Crippen LogP contribution >= 0.6 is 18.5 Å². The van der Waals surface area contributed by atoms with Gasteiger partial charge in [0.15, 0.2) is 0 Å². The van der Waals surface area contributed by atoms with E-state index >= 15 is 0 Å². The Morgan fingerprint density at radius 1 is 1.00 bits per heavy atom. The molecule has 1 fully saturated rings. The number of allylic oxidation sites excluding steroid dienone is 2. The van der Waals surface area contributed by atoms with Gasteiger partial charge in [-0.2, -0.15) is 0 Å². The molecule has 0 aromatic carbocycles. The lowest BCUT2D eigenvalue weighted by Gasteiger charge is -2.19. The van der Waals surface area contributed by atoms with Gasteiger partial charge in [0.2, 0.25) is 0 Å². The molecule has 2 bridgehead atoms. The molecule has 6 atom stereocenters. The van der Waals surface area contributed by atoms with E-state index in [1.54, 1.807) is 0 Å². The van der Waals surface area contributed by atoms with Crippen LogP contribution in [0.1, 0.15) is 6.42 Å². The molecule has 50 valence electrons. The number of fused-ring (bicyclic) bond motifs is 2. The van der Waals surface area contributed by atoms with Crippen molar-refractivity contribution >= 4 is 18.5 Å². The smallest absolute Gasteiger partial charge is 0.0133 e. The van der Waals surface area contributed by atoms with E-state index in [9.17, 15) is 0 Å². The summed E-state index contributed by atoms with van der Waals surface area (Å²) < 4.78 is 0. The van der Waals surface area contributed by atoms with E-state index in [1.807, 2.05) is 0 Å². The molecule has 0 radical (unpaired) electrons.